The molecule has 1 aromatic carbocycles. The average Bonchev–Trinajstić information content (AvgIpc) is 3.46. The number of hydrogen-bond acceptors (Lipinski definition) is 7. The Kier molecular flexibility index (Phi) is 5.46. The minimum Gasteiger partial charge on any atom is -0.493 e. The maximum atomic E-state index is 12.4. The summed E-state index contributed by atoms with van der Waals surface area (Å²) in [5.41, 5.74) is 10.3. The van der Waals surface area contributed by atoms with Crippen LogP contribution in [0.4, 0.5) is 5.82 Å². The van der Waals surface area contributed by atoms with Crippen molar-refractivity contribution in [1.82, 2.24) is 19.4 Å². The van der Waals surface area contributed by atoms with Gasteiger partial charge >= 0.3 is 0 Å². The number of carbonyl (C=O) groups is 1. The van der Waals surface area contributed by atoms with Crippen LogP contribution in [0.2, 0.25) is 0 Å². The van der Waals surface area contributed by atoms with Gasteiger partial charge in [0.15, 0.2) is 5.79 Å². The van der Waals surface area contributed by atoms with Crippen molar-refractivity contribution in [2.75, 3.05) is 25.9 Å². The van der Waals surface area contributed by atoms with Crippen LogP contribution in [0, 0.1) is 12.8 Å². The third kappa shape index (κ3) is 3.90. The maximum Gasteiger partial charge on any atom is 0.226 e. The summed E-state index contributed by atoms with van der Waals surface area (Å²) in [6, 6.07) is 6.23. The van der Waals surface area contributed by atoms with E-state index in [9.17, 15) is 4.79 Å². The van der Waals surface area contributed by atoms with Gasteiger partial charge in [-0.3, -0.25) is 4.79 Å². The van der Waals surface area contributed by atoms with E-state index in [1.165, 1.54) is 11.9 Å². The summed E-state index contributed by atoms with van der Waals surface area (Å²) in [6.45, 7) is 7.23. The zero-order valence-corrected chi connectivity index (χ0v) is 21.2. The van der Waals surface area contributed by atoms with Crippen molar-refractivity contribution in [2.24, 2.45) is 5.92 Å². The Morgan fingerprint density at radius 2 is 2.00 bits per heavy atom. The Bertz CT molecular complexity index is 1340. The largest absolute Gasteiger partial charge is 0.493 e. The molecule has 9 heteroatoms. The Morgan fingerprint density at radius 3 is 2.83 bits per heavy atom. The minimum absolute atomic E-state index is 0.0403. The van der Waals surface area contributed by atoms with Crippen molar-refractivity contribution >= 4 is 22.8 Å². The molecule has 1 amide bonds. The highest BCUT2D eigenvalue weighted by Crippen LogP contribution is 2.48. The van der Waals surface area contributed by atoms with E-state index >= 15 is 0 Å². The molecule has 0 unspecified atom stereocenters. The molecule has 4 heterocycles. The van der Waals surface area contributed by atoms with Crippen LogP contribution in [0.25, 0.3) is 11.0 Å². The third-order valence-corrected chi connectivity index (χ3v) is 7.88. The second-order valence-electron chi connectivity index (χ2n) is 10.8. The van der Waals surface area contributed by atoms with Gasteiger partial charge in [-0.2, -0.15) is 0 Å². The van der Waals surface area contributed by atoms with E-state index in [0.29, 0.717) is 18.8 Å². The van der Waals surface area contributed by atoms with Crippen molar-refractivity contribution in [2.45, 2.75) is 64.1 Å². The van der Waals surface area contributed by atoms with Crippen LogP contribution in [-0.2, 0) is 27.1 Å². The van der Waals surface area contributed by atoms with Gasteiger partial charge in [0.2, 0.25) is 5.91 Å². The first-order valence-corrected chi connectivity index (χ1v) is 12.6. The van der Waals surface area contributed by atoms with Crippen LogP contribution in [0.1, 0.15) is 43.0 Å². The zero-order chi connectivity index (χ0) is 25.2. The average molecular weight is 492 g/mol. The molecule has 36 heavy (non-hydrogen) atoms. The number of likely N-dealkylation sites (N-methyl/N-ethyl adjacent to an activating group) is 1. The fraction of sp³-hybridized carbons (Fsp3) is 0.519. The Hall–Kier alpha value is -3.17. The van der Waals surface area contributed by atoms with E-state index in [0.717, 1.165) is 47.3 Å². The predicted octanol–water partition coefficient (Wildman–Crippen LogP) is 3.04. The Morgan fingerprint density at radius 1 is 1.19 bits per heavy atom. The molecule has 0 bridgehead atoms. The summed E-state index contributed by atoms with van der Waals surface area (Å²) in [5, 5.41) is 0.840. The molecular weight excluding hydrogens is 458 g/mol. The van der Waals surface area contributed by atoms with Gasteiger partial charge in [0.1, 0.15) is 29.6 Å². The molecule has 2 aliphatic heterocycles. The highest BCUT2D eigenvalue weighted by atomic mass is 16.8. The Balaban J connectivity index is 1.25. The molecular formula is C27H33N5O4. The van der Waals surface area contributed by atoms with Gasteiger partial charge < -0.3 is 29.4 Å². The predicted molar refractivity (Wildman–Crippen MR) is 135 cm³/mol. The molecule has 1 saturated carbocycles. The van der Waals surface area contributed by atoms with Crippen molar-refractivity contribution in [1.29, 1.82) is 0 Å². The van der Waals surface area contributed by atoms with E-state index in [-0.39, 0.29) is 30.1 Å². The highest BCUT2D eigenvalue weighted by Gasteiger charge is 2.55. The standard InChI is InChI=1S/C27H33N5O4/c1-15-9-16-5-7-31(4)22(33)12-17(16)11-21(15)34-13-18-10-20(24-23(18)35-27(2,3)36-24)32-8-6-19-25(28)29-14-30-26(19)32/h6,8-9,11,14,18,20,23-24H,5,7,10,12-13H2,1-4H3,(H2,28,29,30)/t18-,20-,23-,24+/m1/s1. The second-order valence-corrected chi connectivity index (χ2v) is 10.8. The van der Waals surface area contributed by atoms with Gasteiger partial charge in [-0.15, -0.1) is 0 Å². The first-order chi connectivity index (χ1) is 17.2. The second kappa shape index (κ2) is 8.45. The number of nitrogen functional groups attached to an aromatic ring is 1. The number of aryl methyl sites for hydroxylation is 1. The van der Waals surface area contributed by atoms with E-state index in [1.54, 1.807) is 4.90 Å². The lowest BCUT2D eigenvalue weighted by molar-refractivity contribution is -0.161. The van der Waals surface area contributed by atoms with Crippen LogP contribution in [0.5, 0.6) is 5.75 Å². The number of nitrogens with zero attached hydrogens (tertiary/aromatic N) is 4. The third-order valence-electron chi connectivity index (χ3n) is 7.88. The summed E-state index contributed by atoms with van der Waals surface area (Å²) in [4.78, 5) is 22.8. The van der Waals surface area contributed by atoms with E-state index in [4.69, 9.17) is 19.9 Å². The number of rotatable bonds is 4. The van der Waals surface area contributed by atoms with Gasteiger partial charge in [0.25, 0.3) is 0 Å². The molecule has 2 fully saturated rings. The number of nitrogens with two attached hydrogens (primary N) is 1. The first kappa shape index (κ1) is 23.2. The van der Waals surface area contributed by atoms with Gasteiger partial charge in [0.05, 0.1) is 30.6 Å². The van der Waals surface area contributed by atoms with Crippen molar-refractivity contribution in [3.8, 4) is 5.75 Å². The molecule has 2 N–H and O–H groups in total. The maximum absolute atomic E-state index is 12.4. The normalized spacial score (nSPS) is 27.2. The molecule has 3 aliphatic rings. The SMILES string of the molecule is Cc1cc2c(cc1OC[C@H]1C[C@@H](n3ccc4c(N)ncnc43)[C@@H]3OC(C)(C)O[C@H]13)CC(=O)N(C)CC2. The number of ether oxygens (including phenoxy) is 3. The fourth-order valence-corrected chi connectivity index (χ4v) is 6.00. The first-order valence-electron chi connectivity index (χ1n) is 12.6. The lowest BCUT2D eigenvalue weighted by Crippen LogP contribution is -2.29. The number of fused-ring (bicyclic) bond motifs is 3. The van der Waals surface area contributed by atoms with Gasteiger partial charge in [-0.05, 0) is 62.4 Å². The molecule has 0 radical (unpaired) electrons. The summed E-state index contributed by atoms with van der Waals surface area (Å²) in [5.74, 6) is 0.906. The molecule has 3 aromatic rings. The van der Waals surface area contributed by atoms with Crippen LogP contribution >= 0.6 is 0 Å². The monoisotopic (exact) mass is 491 g/mol. The number of aromatic nitrogens is 3. The molecule has 0 spiro atoms. The van der Waals surface area contributed by atoms with E-state index < -0.39 is 5.79 Å². The van der Waals surface area contributed by atoms with Crippen molar-refractivity contribution in [3.63, 3.8) is 0 Å². The summed E-state index contributed by atoms with van der Waals surface area (Å²) < 4.78 is 21.3. The van der Waals surface area contributed by atoms with Gasteiger partial charge in [0, 0.05) is 25.7 Å². The summed E-state index contributed by atoms with van der Waals surface area (Å²) in [6.07, 6.45) is 5.40. The van der Waals surface area contributed by atoms with Crippen LogP contribution in [0.3, 0.4) is 0 Å². The number of anilines is 1. The summed E-state index contributed by atoms with van der Waals surface area (Å²) in [7, 11) is 1.87. The molecule has 1 aliphatic carbocycles. The number of carbonyl (C=O) groups excluding carboxylic acids is 1. The van der Waals surface area contributed by atoms with Gasteiger partial charge in [-0.25, -0.2) is 9.97 Å². The van der Waals surface area contributed by atoms with Crippen LogP contribution in [-0.4, -0.2) is 63.5 Å². The van der Waals surface area contributed by atoms with Crippen molar-refractivity contribution in [3.05, 3.63) is 47.4 Å². The quantitative estimate of drug-likeness (QED) is 0.598. The van der Waals surface area contributed by atoms with Crippen LogP contribution in [0.15, 0.2) is 30.7 Å². The number of amides is 1. The van der Waals surface area contributed by atoms with Gasteiger partial charge in [-0.1, -0.05) is 6.07 Å². The van der Waals surface area contributed by atoms with E-state index in [2.05, 4.69) is 33.6 Å². The fourth-order valence-electron chi connectivity index (χ4n) is 6.00. The van der Waals surface area contributed by atoms with E-state index in [1.807, 2.05) is 33.2 Å². The highest BCUT2D eigenvalue weighted by molar-refractivity contribution is 5.86. The number of hydrogen-bond donors (Lipinski definition) is 1. The smallest absolute Gasteiger partial charge is 0.226 e. The lowest BCUT2D eigenvalue weighted by Gasteiger charge is -2.25. The number of benzene rings is 1. The zero-order valence-electron chi connectivity index (χ0n) is 21.2. The molecule has 1 saturated heterocycles. The minimum atomic E-state index is -0.671. The molecule has 2 aromatic heterocycles. The summed E-state index contributed by atoms with van der Waals surface area (Å²) >= 11 is 0. The molecule has 9 nitrogen and oxygen atoms in total. The topological polar surface area (TPSA) is 105 Å². The Labute approximate surface area is 210 Å². The van der Waals surface area contributed by atoms with Crippen molar-refractivity contribution < 1.29 is 19.0 Å². The molecule has 4 atom stereocenters. The molecule has 6 rings (SSSR count). The van der Waals surface area contributed by atoms with Crippen LogP contribution < -0.4 is 10.5 Å². The lowest BCUT2D eigenvalue weighted by atomic mass is 9.99. The molecule has 190 valence electrons.